The zero-order valence-electron chi connectivity index (χ0n) is 27.9. The molecule has 2 aliphatic carbocycles. The van der Waals surface area contributed by atoms with Gasteiger partial charge in [0.15, 0.2) is 5.60 Å². The molecule has 10 nitrogen and oxygen atoms in total. The summed E-state index contributed by atoms with van der Waals surface area (Å²) in [7, 11) is -0.684. The Morgan fingerprint density at radius 1 is 1.21 bits per heavy atom. The van der Waals surface area contributed by atoms with Gasteiger partial charge in [-0.3, -0.25) is 14.3 Å². The Morgan fingerprint density at radius 3 is 2.75 bits per heavy atom. The van der Waals surface area contributed by atoms with Crippen molar-refractivity contribution in [3.63, 3.8) is 0 Å². The Hall–Kier alpha value is -3.12. The number of sulfonamides is 1. The number of amides is 2. The van der Waals surface area contributed by atoms with Crippen LogP contribution in [0.25, 0.3) is 0 Å². The van der Waals surface area contributed by atoms with Crippen LogP contribution in [0.5, 0.6) is 5.75 Å². The molecule has 2 aromatic carbocycles. The van der Waals surface area contributed by atoms with Crippen LogP contribution in [0.1, 0.15) is 62.1 Å². The van der Waals surface area contributed by atoms with Gasteiger partial charge in [0.1, 0.15) is 5.75 Å². The molecule has 1 saturated carbocycles. The van der Waals surface area contributed by atoms with Gasteiger partial charge < -0.3 is 24.4 Å². The van der Waals surface area contributed by atoms with E-state index in [1.54, 1.807) is 32.4 Å². The summed E-state index contributed by atoms with van der Waals surface area (Å²) in [5, 5.41) is 12.8. The Bertz CT molecular complexity index is 1700. The largest absolute Gasteiger partial charge is 0.490 e. The molecule has 0 aromatic heterocycles. The molecular formula is C36H46ClN3O7S. The number of fused-ring (bicyclic) bond motifs is 4. The van der Waals surface area contributed by atoms with Crippen molar-refractivity contribution in [2.45, 2.75) is 69.0 Å². The van der Waals surface area contributed by atoms with Crippen LogP contribution in [0.4, 0.5) is 5.69 Å². The standard InChI is InChI=1S/C36H46ClN3O7S/c1-4-48(44,45)38-34(42)36(43)20-33(41)39(2)17-6-5-9-31(46-3)28-13-10-25(28)21-40-22-35(23-47-32-15-11-26(36)19-30(32)40)16-7-8-24-18-27(37)12-14-29(24)35/h5,9,11-12,14-15,18-19,25,28,31,43H,4,6-8,10,13,16-17,20-23H2,1-3H3,(H,38,42)/b9-5-/t25-,28+,31-,35-,36+/m0/s1. The number of halogens is 1. The Balaban J connectivity index is 1.48. The second kappa shape index (κ2) is 13.7. The molecule has 0 radical (unpaired) electrons. The van der Waals surface area contributed by atoms with Gasteiger partial charge in [0.2, 0.25) is 15.9 Å². The maximum absolute atomic E-state index is 13.7. The molecule has 1 spiro atoms. The summed E-state index contributed by atoms with van der Waals surface area (Å²) >= 11 is 6.43. The number of aryl methyl sites for hydroxylation is 1. The molecule has 2 bridgehead atoms. The molecule has 5 atom stereocenters. The van der Waals surface area contributed by atoms with E-state index in [9.17, 15) is 23.1 Å². The molecule has 0 unspecified atom stereocenters. The minimum Gasteiger partial charge on any atom is -0.490 e. The number of ether oxygens (including phenoxy) is 2. The summed E-state index contributed by atoms with van der Waals surface area (Å²) in [5.74, 6) is -0.809. The lowest BCUT2D eigenvalue weighted by molar-refractivity contribution is -0.148. The summed E-state index contributed by atoms with van der Waals surface area (Å²) in [6, 6.07) is 11.1. The second-order valence-electron chi connectivity index (χ2n) is 13.9. The first-order valence-electron chi connectivity index (χ1n) is 16.9. The predicted molar refractivity (Wildman–Crippen MR) is 185 cm³/mol. The minimum absolute atomic E-state index is 0.0625. The lowest BCUT2D eigenvalue weighted by Gasteiger charge is -2.46. The molecule has 12 heteroatoms. The smallest absolute Gasteiger partial charge is 0.270 e. The fourth-order valence-electron chi connectivity index (χ4n) is 7.89. The number of hydrogen-bond donors (Lipinski definition) is 2. The van der Waals surface area contributed by atoms with Crippen molar-refractivity contribution in [1.29, 1.82) is 0 Å². The predicted octanol–water partition coefficient (Wildman–Crippen LogP) is 4.32. The van der Waals surface area contributed by atoms with E-state index in [0.29, 0.717) is 61.0 Å². The molecule has 0 saturated heterocycles. The first kappa shape index (κ1) is 34.7. The van der Waals surface area contributed by atoms with Crippen molar-refractivity contribution in [3.05, 3.63) is 70.3 Å². The molecule has 2 N–H and O–H groups in total. The topological polar surface area (TPSA) is 125 Å². The number of carbonyl (C=O) groups excluding carboxylic acids is 2. The number of anilines is 1. The van der Waals surface area contributed by atoms with Gasteiger partial charge in [-0.15, -0.1) is 0 Å². The van der Waals surface area contributed by atoms with E-state index < -0.39 is 33.9 Å². The van der Waals surface area contributed by atoms with Crippen LogP contribution < -0.4 is 14.4 Å². The molecule has 6 rings (SSSR count). The van der Waals surface area contributed by atoms with Gasteiger partial charge in [-0.25, -0.2) is 8.42 Å². The molecule has 2 aromatic rings. The van der Waals surface area contributed by atoms with Gasteiger partial charge in [0.05, 0.1) is 30.6 Å². The normalized spacial score (nSPS) is 29.9. The van der Waals surface area contributed by atoms with Crippen molar-refractivity contribution in [1.82, 2.24) is 9.62 Å². The zero-order valence-corrected chi connectivity index (χ0v) is 29.5. The Morgan fingerprint density at radius 2 is 2.02 bits per heavy atom. The van der Waals surface area contributed by atoms with Crippen molar-refractivity contribution in [2.75, 3.05) is 51.1 Å². The van der Waals surface area contributed by atoms with Gasteiger partial charge in [0, 0.05) is 44.2 Å². The number of benzene rings is 2. The Labute approximate surface area is 288 Å². The van der Waals surface area contributed by atoms with Crippen LogP contribution in [0.3, 0.4) is 0 Å². The highest BCUT2D eigenvalue weighted by Gasteiger charge is 2.47. The zero-order chi connectivity index (χ0) is 34.3. The summed E-state index contributed by atoms with van der Waals surface area (Å²) < 4.78 is 39.7. The van der Waals surface area contributed by atoms with Gasteiger partial charge in [-0.05, 0) is 98.2 Å². The monoisotopic (exact) mass is 699 g/mol. The van der Waals surface area contributed by atoms with Crippen molar-refractivity contribution in [2.24, 2.45) is 11.8 Å². The molecule has 2 amide bonds. The molecule has 48 heavy (non-hydrogen) atoms. The third-order valence-corrected chi connectivity index (χ3v) is 12.4. The van der Waals surface area contributed by atoms with E-state index in [-0.39, 0.29) is 22.8 Å². The molecule has 2 aliphatic heterocycles. The van der Waals surface area contributed by atoms with Crippen LogP contribution in [-0.4, -0.2) is 82.5 Å². The van der Waals surface area contributed by atoms with E-state index >= 15 is 0 Å². The third kappa shape index (κ3) is 6.71. The molecular weight excluding hydrogens is 654 g/mol. The first-order chi connectivity index (χ1) is 22.9. The number of methoxy groups -OCH3 is 1. The van der Waals surface area contributed by atoms with Crippen LogP contribution in [0, 0.1) is 11.8 Å². The van der Waals surface area contributed by atoms with Gasteiger partial charge >= 0.3 is 0 Å². The maximum Gasteiger partial charge on any atom is 0.270 e. The van der Waals surface area contributed by atoms with Crippen LogP contribution in [0.15, 0.2) is 48.6 Å². The fourth-order valence-corrected chi connectivity index (χ4v) is 8.68. The van der Waals surface area contributed by atoms with Gasteiger partial charge in [-0.2, -0.15) is 0 Å². The SMILES string of the molecule is CCS(=O)(=O)NC(=O)[C@@]1(O)CC(=O)N(C)CC/C=C\[C@H](OC)[C@@H]2CC[C@H]2CN2C[C@@]3(CCCc4cc(Cl)ccc43)COc3ccc1cc32. The average Bonchev–Trinajstić information content (AvgIpc) is 3.20. The van der Waals surface area contributed by atoms with Gasteiger partial charge in [0.25, 0.3) is 5.91 Å². The van der Waals surface area contributed by atoms with E-state index in [1.807, 2.05) is 16.9 Å². The lowest BCUT2D eigenvalue weighted by Crippen LogP contribution is -2.50. The lowest BCUT2D eigenvalue weighted by atomic mass is 9.68. The van der Waals surface area contributed by atoms with Crippen molar-refractivity contribution >= 4 is 39.1 Å². The molecule has 4 aliphatic rings. The van der Waals surface area contributed by atoms with E-state index in [1.165, 1.54) is 23.0 Å². The number of nitrogens with zero attached hydrogens (tertiary/aromatic N) is 2. The highest BCUT2D eigenvalue weighted by Crippen LogP contribution is 2.47. The number of nitrogens with one attached hydrogen (secondary N) is 1. The summed E-state index contributed by atoms with van der Waals surface area (Å²) in [5.41, 5.74) is 0.460. The van der Waals surface area contributed by atoms with E-state index in [2.05, 4.69) is 23.1 Å². The van der Waals surface area contributed by atoms with Crippen molar-refractivity contribution in [3.8, 4) is 5.75 Å². The third-order valence-electron chi connectivity index (χ3n) is 10.9. The maximum atomic E-state index is 13.7. The fraction of sp³-hybridized carbons (Fsp3) is 0.556. The highest BCUT2D eigenvalue weighted by molar-refractivity contribution is 7.90. The number of hydrogen-bond acceptors (Lipinski definition) is 8. The molecule has 260 valence electrons. The molecule has 2 heterocycles. The van der Waals surface area contributed by atoms with E-state index in [4.69, 9.17) is 21.1 Å². The second-order valence-corrected chi connectivity index (χ2v) is 16.3. The Kier molecular flexibility index (Phi) is 9.88. The highest BCUT2D eigenvalue weighted by atomic mass is 35.5. The van der Waals surface area contributed by atoms with E-state index in [0.717, 1.165) is 32.1 Å². The minimum atomic E-state index is -4.03. The van der Waals surface area contributed by atoms with Crippen LogP contribution >= 0.6 is 11.6 Å². The number of aliphatic hydroxyl groups is 1. The number of carbonyl (C=O) groups is 2. The quantitative estimate of drug-likeness (QED) is 0.453. The summed E-state index contributed by atoms with van der Waals surface area (Å²) in [4.78, 5) is 31.0. The van der Waals surface area contributed by atoms with Crippen LogP contribution in [0.2, 0.25) is 5.02 Å². The summed E-state index contributed by atoms with van der Waals surface area (Å²) in [6.45, 7) is 3.51. The van der Waals surface area contributed by atoms with Crippen molar-refractivity contribution < 1.29 is 32.6 Å². The molecule has 1 fully saturated rings. The summed E-state index contributed by atoms with van der Waals surface area (Å²) in [6.07, 6.45) is 8.86. The number of rotatable bonds is 4. The first-order valence-corrected chi connectivity index (χ1v) is 18.9. The van der Waals surface area contributed by atoms with Crippen LogP contribution in [-0.2, 0) is 41.8 Å². The van der Waals surface area contributed by atoms with Gasteiger partial charge in [-0.1, -0.05) is 35.9 Å². The average molecular weight is 700 g/mol.